The second-order valence-electron chi connectivity index (χ2n) is 6.47. The van der Waals surface area contributed by atoms with Crippen molar-refractivity contribution in [2.45, 2.75) is 58.0 Å². The molecule has 0 saturated carbocycles. The Labute approximate surface area is 112 Å². The van der Waals surface area contributed by atoms with Gasteiger partial charge in [-0.1, -0.05) is 49.7 Å². The average Bonchev–Trinajstić information content (AvgIpc) is 2.18. The van der Waals surface area contributed by atoms with Crippen LogP contribution in [-0.4, -0.2) is 11.2 Å². The molecule has 0 fully saturated rings. The average molecular weight is 297 g/mol. The first-order valence-corrected chi connectivity index (χ1v) is 6.95. The molecular formula is C15H21BrO. The molecule has 1 aromatic rings. The molecule has 0 saturated heterocycles. The van der Waals surface area contributed by atoms with Crippen LogP contribution in [0.5, 0.6) is 0 Å². The van der Waals surface area contributed by atoms with Crippen LogP contribution >= 0.6 is 15.9 Å². The van der Waals surface area contributed by atoms with Crippen molar-refractivity contribution >= 4 is 15.9 Å². The summed E-state index contributed by atoms with van der Waals surface area (Å²) in [5.41, 5.74) is 3.78. The zero-order valence-corrected chi connectivity index (χ0v) is 12.9. The van der Waals surface area contributed by atoms with Crippen molar-refractivity contribution in [3.8, 4) is 0 Å². The van der Waals surface area contributed by atoms with Crippen LogP contribution in [0, 0.1) is 6.92 Å². The lowest BCUT2D eigenvalue weighted by molar-refractivity contribution is 0.0582. The van der Waals surface area contributed by atoms with Crippen LogP contribution in [0.1, 0.15) is 50.8 Å². The van der Waals surface area contributed by atoms with Crippen molar-refractivity contribution in [2.24, 2.45) is 0 Å². The third-order valence-electron chi connectivity index (χ3n) is 4.26. The van der Waals surface area contributed by atoms with E-state index in [1.54, 1.807) is 0 Å². The molecule has 17 heavy (non-hydrogen) atoms. The maximum atomic E-state index is 10.4. The summed E-state index contributed by atoms with van der Waals surface area (Å²) >= 11 is 3.62. The van der Waals surface area contributed by atoms with E-state index in [4.69, 9.17) is 0 Å². The van der Waals surface area contributed by atoms with E-state index in [1.165, 1.54) is 16.7 Å². The number of halogens is 1. The first-order valence-electron chi connectivity index (χ1n) is 6.15. The molecule has 94 valence electrons. The van der Waals surface area contributed by atoms with Crippen LogP contribution in [0.2, 0.25) is 0 Å². The van der Waals surface area contributed by atoms with Gasteiger partial charge in [-0.15, -0.1) is 0 Å². The summed E-state index contributed by atoms with van der Waals surface area (Å²) in [5, 5.41) is 10.4. The van der Waals surface area contributed by atoms with E-state index in [0.717, 1.165) is 10.9 Å². The summed E-state index contributed by atoms with van der Waals surface area (Å²) in [7, 11) is 0. The van der Waals surface area contributed by atoms with E-state index in [1.807, 2.05) is 0 Å². The van der Waals surface area contributed by atoms with Crippen LogP contribution < -0.4 is 0 Å². The fourth-order valence-corrected chi connectivity index (χ4v) is 3.15. The van der Waals surface area contributed by atoms with Gasteiger partial charge in [0.2, 0.25) is 0 Å². The monoisotopic (exact) mass is 296 g/mol. The van der Waals surface area contributed by atoms with Crippen LogP contribution in [0.4, 0.5) is 0 Å². The number of hydrogen-bond donors (Lipinski definition) is 1. The zero-order valence-electron chi connectivity index (χ0n) is 11.3. The van der Waals surface area contributed by atoms with Crippen LogP contribution in [0.3, 0.4) is 0 Å². The Morgan fingerprint density at radius 3 is 2.35 bits per heavy atom. The highest BCUT2D eigenvalue weighted by molar-refractivity contribution is 9.10. The minimum Gasteiger partial charge on any atom is -0.392 e. The van der Waals surface area contributed by atoms with Crippen molar-refractivity contribution in [3.05, 3.63) is 33.3 Å². The summed E-state index contributed by atoms with van der Waals surface area (Å²) in [6.45, 7) is 10.8. The molecule has 2 rings (SSSR count). The second kappa shape index (κ2) is 3.83. The van der Waals surface area contributed by atoms with E-state index in [9.17, 15) is 5.11 Å². The lowest BCUT2D eigenvalue weighted by Gasteiger charge is -2.45. The topological polar surface area (TPSA) is 20.2 Å². The fourth-order valence-electron chi connectivity index (χ4n) is 2.80. The SMILES string of the molecule is Cc1cc2c(cc1Br)C(C)(C)C[C@@H](O)C2(C)C. The molecule has 1 aliphatic rings. The molecule has 0 aliphatic heterocycles. The number of aryl methyl sites for hydroxylation is 1. The third-order valence-corrected chi connectivity index (χ3v) is 5.11. The highest BCUT2D eigenvalue weighted by Crippen LogP contribution is 2.47. The molecule has 0 radical (unpaired) electrons. The molecule has 0 aromatic heterocycles. The summed E-state index contributed by atoms with van der Waals surface area (Å²) in [6.07, 6.45) is 0.549. The highest BCUT2D eigenvalue weighted by Gasteiger charge is 2.43. The van der Waals surface area contributed by atoms with Crippen molar-refractivity contribution in [2.75, 3.05) is 0 Å². The molecule has 1 atom stereocenters. The maximum Gasteiger partial charge on any atom is 0.0639 e. The van der Waals surface area contributed by atoms with E-state index < -0.39 is 0 Å². The molecule has 0 amide bonds. The van der Waals surface area contributed by atoms with Crippen LogP contribution in [0.25, 0.3) is 0 Å². The summed E-state index contributed by atoms with van der Waals surface area (Å²) in [5.74, 6) is 0. The fraction of sp³-hybridized carbons (Fsp3) is 0.600. The second-order valence-corrected chi connectivity index (χ2v) is 7.33. The van der Waals surface area contributed by atoms with Gasteiger partial charge in [0.25, 0.3) is 0 Å². The summed E-state index contributed by atoms with van der Waals surface area (Å²) in [6, 6.07) is 4.46. The Hall–Kier alpha value is -0.340. The number of hydrogen-bond acceptors (Lipinski definition) is 1. The Balaban J connectivity index is 2.73. The summed E-state index contributed by atoms with van der Waals surface area (Å²) in [4.78, 5) is 0. The molecule has 0 spiro atoms. The van der Waals surface area contributed by atoms with Gasteiger partial charge in [-0.05, 0) is 41.5 Å². The predicted octanol–water partition coefficient (Wildman–Crippen LogP) is 4.08. The number of rotatable bonds is 0. The first kappa shape index (κ1) is 13.1. The lowest BCUT2D eigenvalue weighted by atomic mass is 9.61. The lowest BCUT2D eigenvalue weighted by Crippen LogP contribution is -2.45. The summed E-state index contributed by atoms with van der Waals surface area (Å²) < 4.78 is 1.16. The van der Waals surface area contributed by atoms with E-state index in [0.29, 0.717) is 0 Å². The molecule has 1 aliphatic carbocycles. The minimum atomic E-state index is -0.273. The molecule has 1 nitrogen and oxygen atoms in total. The van der Waals surface area contributed by atoms with Crippen LogP contribution in [0.15, 0.2) is 16.6 Å². The normalized spacial score (nSPS) is 25.5. The molecule has 1 aromatic carbocycles. The quantitative estimate of drug-likeness (QED) is 0.765. The predicted molar refractivity (Wildman–Crippen MR) is 75.6 cm³/mol. The van der Waals surface area contributed by atoms with Gasteiger partial charge < -0.3 is 5.11 Å². The Morgan fingerprint density at radius 2 is 1.76 bits per heavy atom. The van der Waals surface area contributed by atoms with Crippen LogP contribution in [-0.2, 0) is 10.8 Å². The largest absolute Gasteiger partial charge is 0.392 e. The number of fused-ring (bicyclic) bond motifs is 1. The molecule has 0 unspecified atom stereocenters. The van der Waals surface area contributed by atoms with Gasteiger partial charge in [0.1, 0.15) is 0 Å². The number of benzene rings is 1. The van der Waals surface area contributed by atoms with Gasteiger partial charge >= 0.3 is 0 Å². The first-order chi connectivity index (χ1) is 7.66. The molecule has 0 heterocycles. The molecular weight excluding hydrogens is 276 g/mol. The molecule has 2 heteroatoms. The minimum absolute atomic E-state index is 0.0422. The Morgan fingerprint density at radius 1 is 1.18 bits per heavy atom. The molecule has 0 bridgehead atoms. The van der Waals surface area contributed by atoms with Gasteiger partial charge in [-0.2, -0.15) is 0 Å². The maximum absolute atomic E-state index is 10.4. The smallest absolute Gasteiger partial charge is 0.0639 e. The van der Waals surface area contributed by atoms with Crippen molar-refractivity contribution in [1.29, 1.82) is 0 Å². The van der Waals surface area contributed by atoms with Crippen molar-refractivity contribution in [1.82, 2.24) is 0 Å². The van der Waals surface area contributed by atoms with Crippen molar-refractivity contribution in [3.63, 3.8) is 0 Å². The third kappa shape index (κ3) is 1.96. The van der Waals surface area contributed by atoms with Gasteiger partial charge in [0, 0.05) is 9.89 Å². The van der Waals surface area contributed by atoms with Gasteiger partial charge in [-0.25, -0.2) is 0 Å². The van der Waals surface area contributed by atoms with E-state index in [2.05, 4.69) is 62.7 Å². The Bertz CT molecular complexity index is 460. The number of aliphatic hydroxyl groups excluding tert-OH is 1. The molecule has 1 N–H and O–H groups in total. The number of aliphatic hydroxyl groups is 1. The van der Waals surface area contributed by atoms with Gasteiger partial charge in [0.05, 0.1) is 6.10 Å². The van der Waals surface area contributed by atoms with E-state index >= 15 is 0 Å². The zero-order chi connectivity index (χ0) is 13.0. The van der Waals surface area contributed by atoms with Gasteiger partial charge in [0.15, 0.2) is 0 Å². The highest BCUT2D eigenvalue weighted by atomic mass is 79.9. The van der Waals surface area contributed by atoms with Crippen molar-refractivity contribution < 1.29 is 5.11 Å². The Kier molecular flexibility index (Phi) is 2.95. The van der Waals surface area contributed by atoms with Gasteiger partial charge in [-0.3, -0.25) is 0 Å². The standard InChI is InChI=1S/C15H21BrO/c1-9-6-11-10(7-12(9)16)14(2,3)8-13(17)15(11,4)5/h6-7,13,17H,8H2,1-5H3/t13-/m1/s1. The van der Waals surface area contributed by atoms with E-state index in [-0.39, 0.29) is 16.9 Å².